The highest BCUT2D eigenvalue weighted by atomic mass is 19.1. The molecule has 84 valence electrons. The van der Waals surface area contributed by atoms with Crippen LogP contribution in [0.4, 0.5) is 4.39 Å². The molecule has 2 N–H and O–H groups in total. The lowest BCUT2D eigenvalue weighted by Crippen LogP contribution is -2.06. The van der Waals surface area contributed by atoms with Gasteiger partial charge in [0.05, 0.1) is 5.56 Å². The first-order chi connectivity index (χ1) is 7.65. The average Bonchev–Trinajstić information content (AvgIpc) is 2.26. The van der Waals surface area contributed by atoms with E-state index >= 15 is 0 Å². The maximum absolute atomic E-state index is 12.8. The number of aromatic carboxylic acids is 1. The van der Waals surface area contributed by atoms with E-state index in [9.17, 15) is 9.18 Å². The van der Waals surface area contributed by atoms with Crippen molar-refractivity contribution in [2.24, 2.45) is 0 Å². The summed E-state index contributed by atoms with van der Waals surface area (Å²) < 4.78 is 12.8. The number of rotatable bonds is 3. The predicted octanol–water partition coefficient (Wildman–Crippen LogP) is 1.48. The van der Waals surface area contributed by atoms with E-state index < -0.39 is 11.8 Å². The minimum absolute atomic E-state index is 0.100. The summed E-state index contributed by atoms with van der Waals surface area (Å²) in [5.41, 5.74) is 0.238. The summed E-state index contributed by atoms with van der Waals surface area (Å²) in [4.78, 5) is 10.8. The Morgan fingerprint density at radius 2 is 2.31 bits per heavy atom. The smallest absolute Gasteiger partial charge is 0.337 e. The van der Waals surface area contributed by atoms with Crippen LogP contribution in [0.25, 0.3) is 0 Å². The molecular weight excluding hydrogens is 209 g/mol. The van der Waals surface area contributed by atoms with Gasteiger partial charge in [0.2, 0.25) is 0 Å². The molecule has 0 aliphatic carbocycles. The zero-order valence-corrected chi connectivity index (χ0v) is 8.88. The average molecular weight is 221 g/mol. The number of carboxylic acid groups (broad SMARTS) is 1. The van der Waals surface area contributed by atoms with E-state index in [0.717, 1.165) is 12.6 Å². The van der Waals surface area contributed by atoms with Gasteiger partial charge in [0.25, 0.3) is 0 Å². The number of hydrogen-bond donors (Lipinski definition) is 2. The van der Waals surface area contributed by atoms with Crippen LogP contribution in [0.1, 0.15) is 22.3 Å². The fourth-order valence-corrected chi connectivity index (χ4v) is 1.15. The molecule has 0 aliphatic heterocycles. The van der Waals surface area contributed by atoms with E-state index in [1.54, 1.807) is 0 Å². The fraction of sp³-hybridized carbons (Fsp3) is 0.250. The predicted molar refractivity (Wildman–Crippen MR) is 58.8 cm³/mol. The first-order valence-electron chi connectivity index (χ1n) is 4.81. The molecule has 3 nitrogen and oxygen atoms in total. The van der Waals surface area contributed by atoms with Gasteiger partial charge in [-0.3, -0.25) is 0 Å². The standard InChI is InChI=1S/C12H12FNO2/c1-14-7-3-2-4-9-5-6-10(13)8-11(9)12(15)16/h5-6,8,14H,3,7H2,1H3,(H,15,16). The molecule has 1 aromatic rings. The normalized spacial score (nSPS) is 9.38. The van der Waals surface area contributed by atoms with Gasteiger partial charge in [-0.05, 0) is 25.2 Å². The Bertz CT molecular complexity index is 446. The van der Waals surface area contributed by atoms with Gasteiger partial charge >= 0.3 is 5.97 Å². The molecule has 0 bridgehead atoms. The number of benzene rings is 1. The Morgan fingerprint density at radius 3 is 2.94 bits per heavy atom. The quantitative estimate of drug-likeness (QED) is 0.600. The molecule has 0 unspecified atom stereocenters. The summed E-state index contributed by atoms with van der Waals surface area (Å²) in [5, 5.41) is 11.8. The van der Waals surface area contributed by atoms with E-state index in [1.165, 1.54) is 12.1 Å². The van der Waals surface area contributed by atoms with Crippen LogP contribution in [-0.4, -0.2) is 24.7 Å². The Hall–Kier alpha value is -1.86. The maximum atomic E-state index is 12.8. The summed E-state index contributed by atoms with van der Waals surface area (Å²) in [6.07, 6.45) is 0.618. The molecule has 0 heterocycles. The first kappa shape index (κ1) is 12.2. The third kappa shape index (κ3) is 3.37. The van der Waals surface area contributed by atoms with Crippen LogP contribution in [0, 0.1) is 17.7 Å². The molecule has 0 radical (unpaired) electrons. The van der Waals surface area contributed by atoms with Crippen molar-refractivity contribution in [1.82, 2.24) is 5.32 Å². The third-order valence-electron chi connectivity index (χ3n) is 1.94. The van der Waals surface area contributed by atoms with Crippen LogP contribution in [-0.2, 0) is 0 Å². The number of halogens is 1. The topological polar surface area (TPSA) is 49.3 Å². The SMILES string of the molecule is CNCCC#Cc1ccc(F)cc1C(=O)O. The van der Waals surface area contributed by atoms with Crippen molar-refractivity contribution in [3.63, 3.8) is 0 Å². The van der Waals surface area contributed by atoms with Gasteiger partial charge < -0.3 is 10.4 Å². The summed E-state index contributed by atoms with van der Waals surface area (Å²) in [5.74, 6) is 3.80. The maximum Gasteiger partial charge on any atom is 0.337 e. The van der Waals surface area contributed by atoms with Gasteiger partial charge in [-0.25, -0.2) is 9.18 Å². The second-order valence-corrected chi connectivity index (χ2v) is 3.15. The molecule has 0 aliphatic rings. The molecule has 4 heteroatoms. The highest BCUT2D eigenvalue weighted by Gasteiger charge is 2.09. The first-order valence-corrected chi connectivity index (χ1v) is 4.81. The van der Waals surface area contributed by atoms with Crippen molar-refractivity contribution in [2.45, 2.75) is 6.42 Å². The molecule has 1 rings (SSSR count). The Morgan fingerprint density at radius 1 is 1.56 bits per heavy atom. The van der Waals surface area contributed by atoms with Gasteiger partial charge in [-0.1, -0.05) is 11.8 Å². The summed E-state index contributed by atoms with van der Waals surface area (Å²) in [6.45, 7) is 0.733. The van der Waals surface area contributed by atoms with Crippen LogP contribution in [0.3, 0.4) is 0 Å². The van der Waals surface area contributed by atoms with Crippen LogP contribution >= 0.6 is 0 Å². The molecular formula is C12H12FNO2. The van der Waals surface area contributed by atoms with Gasteiger partial charge in [0, 0.05) is 18.5 Å². The second-order valence-electron chi connectivity index (χ2n) is 3.15. The molecule has 0 saturated carbocycles. The van der Waals surface area contributed by atoms with Crippen LogP contribution in [0.2, 0.25) is 0 Å². The Kier molecular flexibility index (Phi) is 4.49. The summed E-state index contributed by atoms with van der Waals surface area (Å²) in [6, 6.07) is 3.56. The van der Waals surface area contributed by atoms with E-state index in [0.29, 0.717) is 12.0 Å². The van der Waals surface area contributed by atoms with Gasteiger partial charge in [-0.15, -0.1) is 0 Å². The van der Waals surface area contributed by atoms with Crippen molar-refractivity contribution < 1.29 is 14.3 Å². The number of carboxylic acids is 1. The monoisotopic (exact) mass is 221 g/mol. The van der Waals surface area contributed by atoms with Crippen molar-refractivity contribution >= 4 is 5.97 Å². The van der Waals surface area contributed by atoms with E-state index in [2.05, 4.69) is 17.2 Å². The Labute approximate surface area is 93.3 Å². The number of hydrogen-bond acceptors (Lipinski definition) is 2. The highest BCUT2D eigenvalue weighted by Crippen LogP contribution is 2.10. The molecule has 0 fully saturated rings. The lowest BCUT2D eigenvalue weighted by Gasteiger charge is -1.98. The zero-order valence-electron chi connectivity index (χ0n) is 8.88. The van der Waals surface area contributed by atoms with Crippen molar-refractivity contribution in [2.75, 3.05) is 13.6 Å². The van der Waals surface area contributed by atoms with E-state index in [4.69, 9.17) is 5.11 Å². The molecule has 0 atom stereocenters. The molecule has 0 amide bonds. The van der Waals surface area contributed by atoms with Crippen LogP contribution < -0.4 is 5.32 Å². The number of nitrogens with one attached hydrogen (secondary N) is 1. The summed E-state index contributed by atoms with van der Waals surface area (Å²) >= 11 is 0. The minimum atomic E-state index is -1.17. The lowest BCUT2D eigenvalue weighted by molar-refractivity contribution is 0.0696. The van der Waals surface area contributed by atoms with Crippen molar-refractivity contribution in [3.05, 3.63) is 35.1 Å². The van der Waals surface area contributed by atoms with Crippen LogP contribution in [0.15, 0.2) is 18.2 Å². The minimum Gasteiger partial charge on any atom is -0.478 e. The largest absolute Gasteiger partial charge is 0.478 e. The Balaban J connectivity index is 2.93. The highest BCUT2D eigenvalue weighted by molar-refractivity contribution is 5.90. The molecule has 0 spiro atoms. The third-order valence-corrected chi connectivity index (χ3v) is 1.94. The van der Waals surface area contributed by atoms with E-state index in [-0.39, 0.29) is 5.56 Å². The molecule has 1 aromatic carbocycles. The fourth-order valence-electron chi connectivity index (χ4n) is 1.15. The van der Waals surface area contributed by atoms with Crippen molar-refractivity contribution in [3.8, 4) is 11.8 Å². The van der Waals surface area contributed by atoms with Gasteiger partial charge in [-0.2, -0.15) is 0 Å². The molecule has 0 aromatic heterocycles. The van der Waals surface area contributed by atoms with Gasteiger partial charge in [0.15, 0.2) is 0 Å². The van der Waals surface area contributed by atoms with E-state index in [1.807, 2.05) is 7.05 Å². The lowest BCUT2D eigenvalue weighted by atomic mass is 10.1. The molecule has 0 saturated heterocycles. The zero-order chi connectivity index (χ0) is 12.0. The second kappa shape index (κ2) is 5.89. The van der Waals surface area contributed by atoms with Gasteiger partial charge in [0.1, 0.15) is 5.82 Å². The molecule has 16 heavy (non-hydrogen) atoms. The van der Waals surface area contributed by atoms with Crippen LogP contribution in [0.5, 0.6) is 0 Å². The number of carbonyl (C=O) groups is 1. The summed E-state index contributed by atoms with van der Waals surface area (Å²) in [7, 11) is 1.81. The van der Waals surface area contributed by atoms with Crippen molar-refractivity contribution in [1.29, 1.82) is 0 Å².